The van der Waals surface area contributed by atoms with Crippen LogP contribution < -0.4 is 5.56 Å². The van der Waals surface area contributed by atoms with Gasteiger partial charge in [-0.15, -0.1) is 0 Å². The van der Waals surface area contributed by atoms with Crippen LogP contribution in [-0.4, -0.2) is 25.1 Å². The summed E-state index contributed by atoms with van der Waals surface area (Å²) >= 11 is 1.91. The summed E-state index contributed by atoms with van der Waals surface area (Å²) < 4.78 is 0.542. The number of rotatable bonds is 1. The Bertz CT molecular complexity index is 462. The summed E-state index contributed by atoms with van der Waals surface area (Å²) in [5.74, 6) is 0.844. The van der Waals surface area contributed by atoms with Crippen molar-refractivity contribution in [3.05, 3.63) is 26.4 Å². The van der Waals surface area contributed by atoms with Crippen molar-refractivity contribution in [2.24, 2.45) is 0 Å². The van der Waals surface area contributed by atoms with Crippen LogP contribution in [0.15, 0.2) is 17.3 Å². The van der Waals surface area contributed by atoms with Crippen LogP contribution in [0.1, 0.15) is 0 Å². The Labute approximate surface area is 86.0 Å². The van der Waals surface area contributed by atoms with E-state index >= 15 is 0 Å². The van der Waals surface area contributed by atoms with Crippen molar-refractivity contribution in [3.8, 4) is 11.6 Å². The number of halogens is 1. The van der Waals surface area contributed by atoms with Crippen LogP contribution in [0.5, 0.6) is 0 Å². The molecule has 2 rings (SSSR count). The lowest BCUT2D eigenvalue weighted by Gasteiger charge is -1.94. The van der Waals surface area contributed by atoms with E-state index in [1.165, 1.54) is 12.5 Å². The van der Waals surface area contributed by atoms with Gasteiger partial charge in [-0.25, -0.2) is 9.97 Å². The average molecular weight is 289 g/mol. The first kappa shape index (κ1) is 8.35. The lowest BCUT2D eigenvalue weighted by molar-refractivity contribution is 1.04. The molecular formula is C6H4IN5O. The van der Waals surface area contributed by atoms with Gasteiger partial charge in [0.25, 0.3) is 5.56 Å². The largest absolute Gasteiger partial charge is 0.303 e. The zero-order valence-corrected chi connectivity index (χ0v) is 8.44. The fourth-order valence-corrected chi connectivity index (χ4v) is 1.09. The Hall–Kier alpha value is -1.25. The normalized spacial score (nSPS) is 10.2. The average Bonchev–Trinajstić information content (AvgIpc) is 2.62. The molecular weight excluding hydrogens is 285 g/mol. The Morgan fingerprint density at radius 2 is 2.15 bits per heavy atom. The minimum Gasteiger partial charge on any atom is -0.303 e. The van der Waals surface area contributed by atoms with Gasteiger partial charge in [-0.05, 0) is 22.6 Å². The molecule has 0 bridgehead atoms. The second-order valence-electron chi connectivity index (χ2n) is 2.24. The molecule has 0 atom stereocenters. The molecule has 0 aliphatic carbocycles. The molecule has 0 saturated carbocycles. The zero-order valence-electron chi connectivity index (χ0n) is 6.28. The highest BCUT2D eigenvalue weighted by Gasteiger charge is 2.04. The molecule has 2 aromatic heterocycles. The molecule has 2 aromatic rings. The molecule has 6 nitrogen and oxygen atoms in total. The summed E-state index contributed by atoms with van der Waals surface area (Å²) in [6, 6.07) is 0. The third kappa shape index (κ3) is 1.59. The second kappa shape index (κ2) is 3.24. The molecule has 0 spiro atoms. The highest BCUT2D eigenvalue weighted by molar-refractivity contribution is 14.1. The molecule has 0 fully saturated rings. The maximum Gasteiger partial charge on any atom is 0.264 e. The van der Waals surface area contributed by atoms with E-state index in [0.717, 1.165) is 0 Å². The fourth-order valence-electron chi connectivity index (χ4n) is 0.819. The Morgan fingerprint density at radius 1 is 1.31 bits per heavy atom. The first-order valence-corrected chi connectivity index (χ1v) is 4.46. The molecule has 0 unspecified atom stereocenters. The molecule has 0 amide bonds. The fraction of sp³-hybridized carbons (Fsp3) is 0. The van der Waals surface area contributed by atoms with Crippen LogP contribution in [0.2, 0.25) is 0 Å². The van der Waals surface area contributed by atoms with E-state index in [4.69, 9.17) is 0 Å². The van der Waals surface area contributed by atoms with Crippen molar-refractivity contribution in [1.29, 1.82) is 0 Å². The van der Waals surface area contributed by atoms with Gasteiger partial charge in [0.2, 0.25) is 0 Å². The minimum atomic E-state index is -0.179. The molecule has 7 heteroatoms. The standard InChI is InChI=1S/C6H4IN5O/c7-3-1-8-4(11-6(3)13)5-9-2-10-12-5/h1-2H,(H,8,11,13)(H,9,10,12). The molecule has 0 saturated heterocycles. The maximum atomic E-state index is 11.2. The molecule has 2 heterocycles. The molecule has 0 aromatic carbocycles. The molecule has 13 heavy (non-hydrogen) atoms. The number of H-pyrrole nitrogens is 2. The van der Waals surface area contributed by atoms with Crippen LogP contribution >= 0.6 is 22.6 Å². The summed E-state index contributed by atoms with van der Waals surface area (Å²) in [5, 5.41) is 6.25. The number of nitrogens with zero attached hydrogens (tertiary/aromatic N) is 3. The zero-order chi connectivity index (χ0) is 9.26. The Balaban J connectivity index is 2.55. The summed E-state index contributed by atoms with van der Waals surface area (Å²) in [7, 11) is 0. The third-order valence-corrected chi connectivity index (χ3v) is 2.16. The highest BCUT2D eigenvalue weighted by atomic mass is 127. The Kier molecular flexibility index (Phi) is 2.08. The van der Waals surface area contributed by atoms with E-state index in [2.05, 4.69) is 25.1 Å². The monoisotopic (exact) mass is 289 g/mol. The predicted octanol–water partition coefficient (Wildman–Crippen LogP) is 0.160. The predicted molar refractivity (Wildman–Crippen MR) is 53.0 cm³/mol. The van der Waals surface area contributed by atoms with Crippen LogP contribution in [0.25, 0.3) is 11.6 Å². The van der Waals surface area contributed by atoms with Crippen molar-refractivity contribution >= 4 is 22.6 Å². The van der Waals surface area contributed by atoms with E-state index in [0.29, 0.717) is 15.2 Å². The van der Waals surface area contributed by atoms with Crippen molar-refractivity contribution in [3.63, 3.8) is 0 Å². The third-order valence-electron chi connectivity index (χ3n) is 1.40. The smallest absolute Gasteiger partial charge is 0.264 e. The van der Waals surface area contributed by atoms with Crippen LogP contribution in [0, 0.1) is 3.57 Å². The lowest BCUT2D eigenvalue weighted by atomic mass is 10.5. The van der Waals surface area contributed by atoms with Crippen molar-refractivity contribution in [2.75, 3.05) is 0 Å². The number of aromatic amines is 2. The van der Waals surface area contributed by atoms with Gasteiger partial charge in [-0.3, -0.25) is 9.89 Å². The number of aromatic nitrogens is 5. The van der Waals surface area contributed by atoms with Gasteiger partial charge in [-0.1, -0.05) is 0 Å². The van der Waals surface area contributed by atoms with Crippen molar-refractivity contribution in [2.45, 2.75) is 0 Å². The van der Waals surface area contributed by atoms with E-state index in [1.807, 2.05) is 22.6 Å². The molecule has 0 aliphatic heterocycles. The number of hydrogen-bond donors (Lipinski definition) is 2. The maximum absolute atomic E-state index is 11.2. The van der Waals surface area contributed by atoms with E-state index in [9.17, 15) is 4.79 Å². The Morgan fingerprint density at radius 3 is 2.77 bits per heavy atom. The van der Waals surface area contributed by atoms with Gasteiger partial charge in [0.05, 0.1) is 3.57 Å². The van der Waals surface area contributed by atoms with Crippen molar-refractivity contribution < 1.29 is 0 Å². The van der Waals surface area contributed by atoms with E-state index < -0.39 is 0 Å². The summed E-state index contributed by atoms with van der Waals surface area (Å²) in [6.45, 7) is 0. The number of hydrogen-bond acceptors (Lipinski definition) is 4. The van der Waals surface area contributed by atoms with Gasteiger partial charge < -0.3 is 4.98 Å². The van der Waals surface area contributed by atoms with Crippen LogP contribution in [-0.2, 0) is 0 Å². The van der Waals surface area contributed by atoms with Crippen molar-refractivity contribution in [1.82, 2.24) is 25.1 Å². The quantitative estimate of drug-likeness (QED) is 0.732. The van der Waals surface area contributed by atoms with E-state index in [1.54, 1.807) is 0 Å². The van der Waals surface area contributed by atoms with Gasteiger partial charge in [-0.2, -0.15) is 5.10 Å². The molecule has 66 valence electrons. The van der Waals surface area contributed by atoms with Gasteiger partial charge in [0.15, 0.2) is 11.6 Å². The minimum absolute atomic E-state index is 0.179. The highest BCUT2D eigenvalue weighted by Crippen LogP contribution is 2.04. The number of nitrogens with one attached hydrogen (secondary N) is 2. The molecule has 2 N–H and O–H groups in total. The summed E-state index contributed by atoms with van der Waals surface area (Å²) in [6.07, 6.45) is 2.84. The van der Waals surface area contributed by atoms with Gasteiger partial charge in [0, 0.05) is 6.20 Å². The van der Waals surface area contributed by atoms with Gasteiger partial charge in [0.1, 0.15) is 6.33 Å². The summed E-state index contributed by atoms with van der Waals surface area (Å²) in [5.41, 5.74) is -0.179. The SMILES string of the molecule is O=c1[nH]c(-c2ncn[nH]2)ncc1I. The van der Waals surface area contributed by atoms with E-state index in [-0.39, 0.29) is 5.56 Å². The topological polar surface area (TPSA) is 87.3 Å². The van der Waals surface area contributed by atoms with Crippen LogP contribution in [0.4, 0.5) is 0 Å². The first-order chi connectivity index (χ1) is 6.27. The first-order valence-electron chi connectivity index (χ1n) is 3.38. The molecule has 0 radical (unpaired) electrons. The second-order valence-corrected chi connectivity index (χ2v) is 3.41. The van der Waals surface area contributed by atoms with Crippen LogP contribution in [0.3, 0.4) is 0 Å². The summed E-state index contributed by atoms with van der Waals surface area (Å²) in [4.78, 5) is 21.6. The lowest BCUT2D eigenvalue weighted by Crippen LogP contribution is -2.11. The van der Waals surface area contributed by atoms with Gasteiger partial charge >= 0.3 is 0 Å². The molecule has 0 aliphatic rings.